The van der Waals surface area contributed by atoms with Crippen LogP contribution in [0.1, 0.15) is 11.1 Å². The zero-order valence-corrected chi connectivity index (χ0v) is 22.5. The number of hydrogen-bond acceptors (Lipinski definition) is 2. The van der Waals surface area contributed by atoms with Crippen LogP contribution in [0.2, 0.25) is 0 Å². The van der Waals surface area contributed by atoms with E-state index >= 15 is 0 Å². The van der Waals surface area contributed by atoms with Crippen LogP contribution in [-0.2, 0) is 0 Å². The van der Waals surface area contributed by atoms with E-state index < -0.39 is 0 Å². The molecule has 3 heteroatoms. The number of rotatable bonds is 4. The van der Waals surface area contributed by atoms with Gasteiger partial charge in [0, 0.05) is 26.3 Å². The lowest BCUT2D eigenvalue weighted by Gasteiger charge is -2.14. The van der Waals surface area contributed by atoms with E-state index in [2.05, 4.69) is 151 Å². The fraction of sp³-hybridized carbons (Fsp3) is 0.0278. The fourth-order valence-corrected chi connectivity index (χ4v) is 6.84. The molecule has 0 spiro atoms. The molecule has 0 radical (unpaired) electrons. The molecule has 5 aromatic carbocycles. The molecule has 6 aromatic rings. The third kappa shape index (κ3) is 3.86. The second kappa shape index (κ2) is 9.61. The number of fused-ring (bicyclic) bond motifs is 7. The number of aromatic nitrogens is 1. The first-order valence-corrected chi connectivity index (χ1v) is 13.9. The van der Waals surface area contributed by atoms with Gasteiger partial charge in [-0.05, 0) is 59.7 Å². The van der Waals surface area contributed by atoms with Gasteiger partial charge in [0.05, 0.1) is 11.2 Å². The monoisotopic (exact) mass is 518 g/mol. The van der Waals surface area contributed by atoms with Gasteiger partial charge in [-0.1, -0.05) is 121 Å². The van der Waals surface area contributed by atoms with Crippen LogP contribution in [0.5, 0.6) is 0 Å². The minimum absolute atomic E-state index is 0.809. The molecule has 2 heterocycles. The van der Waals surface area contributed by atoms with Crippen LogP contribution in [0.3, 0.4) is 0 Å². The van der Waals surface area contributed by atoms with E-state index in [-0.39, 0.29) is 0 Å². The fourth-order valence-electron chi connectivity index (χ4n) is 5.62. The largest absolute Gasteiger partial charge is 0.293 e. The van der Waals surface area contributed by atoms with Crippen LogP contribution >= 0.6 is 11.8 Å². The van der Waals surface area contributed by atoms with Gasteiger partial charge in [-0.25, -0.2) is 4.99 Å². The average Bonchev–Trinajstić information content (AvgIpc) is 3.24. The molecule has 0 atom stereocenters. The SMILES string of the molecule is C=N/C(=C\c1ccccc1C)n1c2c(c3ccccc31)-c1cccc(-c3ccccc3)c1Sc1ccccc1-2. The van der Waals surface area contributed by atoms with Crippen LogP contribution in [-0.4, -0.2) is 11.3 Å². The Morgan fingerprint density at radius 1 is 0.718 bits per heavy atom. The lowest BCUT2D eigenvalue weighted by atomic mass is 9.95. The summed E-state index contributed by atoms with van der Waals surface area (Å²) in [6.45, 7) is 6.16. The zero-order chi connectivity index (χ0) is 26.3. The molecule has 39 heavy (non-hydrogen) atoms. The number of para-hydroxylation sites is 1. The maximum absolute atomic E-state index is 4.62. The maximum atomic E-state index is 4.62. The molecule has 0 aliphatic carbocycles. The summed E-state index contributed by atoms with van der Waals surface area (Å²) < 4.78 is 2.30. The molecule has 0 N–H and O–H groups in total. The Labute approximate surface area is 233 Å². The summed E-state index contributed by atoms with van der Waals surface area (Å²) in [4.78, 5) is 7.12. The van der Waals surface area contributed by atoms with E-state index in [1.807, 2.05) is 11.8 Å². The van der Waals surface area contributed by atoms with Gasteiger partial charge in [-0.3, -0.25) is 4.57 Å². The Morgan fingerprint density at radius 3 is 2.26 bits per heavy atom. The van der Waals surface area contributed by atoms with Crippen molar-refractivity contribution in [1.29, 1.82) is 0 Å². The lowest BCUT2D eigenvalue weighted by molar-refractivity contribution is 1.14. The van der Waals surface area contributed by atoms with Gasteiger partial charge < -0.3 is 0 Å². The third-order valence-electron chi connectivity index (χ3n) is 7.46. The predicted octanol–water partition coefficient (Wildman–Crippen LogP) is 10.1. The van der Waals surface area contributed by atoms with Crippen molar-refractivity contribution < 1.29 is 0 Å². The smallest absolute Gasteiger partial charge is 0.137 e. The topological polar surface area (TPSA) is 17.3 Å². The van der Waals surface area contributed by atoms with Crippen molar-refractivity contribution in [3.63, 3.8) is 0 Å². The van der Waals surface area contributed by atoms with Crippen LogP contribution in [0, 0.1) is 6.92 Å². The van der Waals surface area contributed by atoms with E-state index in [0.717, 1.165) is 22.6 Å². The van der Waals surface area contributed by atoms with Gasteiger partial charge in [0.15, 0.2) is 0 Å². The number of hydrogen-bond donors (Lipinski definition) is 0. The van der Waals surface area contributed by atoms with Gasteiger partial charge in [0.2, 0.25) is 0 Å². The highest BCUT2D eigenvalue weighted by Gasteiger charge is 2.29. The Balaban J connectivity index is 1.62. The molecular weight excluding hydrogens is 492 g/mol. The van der Waals surface area contributed by atoms with Crippen molar-refractivity contribution in [2.45, 2.75) is 16.7 Å². The first-order valence-electron chi connectivity index (χ1n) is 13.1. The minimum atomic E-state index is 0.809. The molecule has 0 saturated carbocycles. The van der Waals surface area contributed by atoms with Gasteiger partial charge in [-0.15, -0.1) is 0 Å². The van der Waals surface area contributed by atoms with E-state index in [4.69, 9.17) is 0 Å². The van der Waals surface area contributed by atoms with Crippen molar-refractivity contribution in [2.24, 2.45) is 4.99 Å². The van der Waals surface area contributed by atoms with Crippen molar-refractivity contribution >= 4 is 41.3 Å². The molecule has 1 aliphatic heterocycles. The van der Waals surface area contributed by atoms with Crippen LogP contribution in [0.25, 0.3) is 56.3 Å². The summed E-state index contributed by atoms with van der Waals surface area (Å²) >= 11 is 1.85. The standard InChI is InChI=1S/C36H26N2S/c1-24-13-6-7-16-26(24)23-33(37-2)38-31-21-10-8-17-28(31)34-30-20-12-19-27(25-14-4-3-5-15-25)36(30)39-32-22-11-9-18-29(32)35(34)38/h3-23H,2H2,1H3/b33-23+. The Kier molecular flexibility index (Phi) is 5.79. The minimum Gasteiger partial charge on any atom is -0.293 e. The average molecular weight is 519 g/mol. The quantitative estimate of drug-likeness (QED) is 0.212. The molecule has 0 fully saturated rings. The van der Waals surface area contributed by atoms with E-state index in [1.54, 1.807) is 0 Å². The summed E-state index contributed by atoms with van der Waals surface area (Å²) in [6, 6.07) is 43.2. The molecule has 0 bridgehead atoms. The molecule has 7 rings (SSSR count). The van der Waals surface area contributed by atoms with Crippen molar-refractivity contribution in [3.8, 4) is 33.5 Å². The molecule has 0 saturated heterocycles. The molecule has 2 nitrogen and oxygen atoms in total. The molecule has 1 aromatic heterocycles. The second-order valence-electron chi connectivity index (χ2n) is 9.74. The lowest BCUT2D eigenvalue weighted by Crippen LogP contribution is -1.99. The van der Waals surface area contributed by atoms with Gasteiger partial charge in [0.1, 0.15) is 5.82 Å². The highest BCUT2D eigenvalue weighted by Crippen LogP contribution is 2.54. The Morgan fingerprint density at radius 2 is 1.41 bits per heavy atom. The van der Waals surface area contributed by atoms with E-state index in [0.29, 0.717) is 0 Å². The second-order valence-corrected chi connectivity index (χ2v) is 10.8. The third-order valence-corrected chi connectivity index (χ3v) is 8.68. The molecule has 0 unspecified atom stereocenters. The van der Waals surface area contributed by atoms with Crippen LogP contribution in [0.4, 0.5) is 0 Å². The normalized spacial score (nSPS) is 12.4. The van der Waals surface area contributed by atoms with Gasteiger partial charge in [0.25, 0.3) is 0 Å². The zero-order valence-electron chi connectivity index (χ0n) is 21.6. The molecule has 186 valence electrons. The molecule has 1 aliphatic rings. The number of aryl methyl sites for hydroxylation is 1. The summed E-state index contributed by atoms with van der Waals surface area (Å²) in [5.41, 5.74) is 10.7. The highest BCUT2D eigenvalue weighted by atomic mass is 32.2. The number of nitrogens with zero attached hydrogens (tertiary/aromatic N) is 2. The van der Waals surface area contributed by atoms with Gasteiger partial charge >= 0.3 is 0 Å². The van der Waals surface area contributed by atoms with Crippen LogP contribution < -0.4 is 0 Å². The Hall–Kier alpha value is -4.60. The first kappa shape index (κ1) is 23.5. The van der Waals surface area contributed by atoms with Crippen molar-refractivity contribution in [3.05, 3.63) is 132 Å². The van der Waals surface area contributed by atoms with Crippen molar-refractivity contribution in [2.75, 3.05) is 0 Å². The van der Waals surface area contributed by atoms with Gasteiger partial charge in [-0.2, -0.15) is 0 Å². The molecular formula is C36H26N2S. The Bertz CT molecular complexity index is 1910. The summed E-state index contributed by atoms with van der Waals surface area (Å²) in [5.74, 6) is 0.809. The summed E-state index contributed by atoms with van der Waals surface area (Å²) in [7, 11) is 0. The number of aliphatic imine (C=N–C) groups is 1. The summed E-state index contributed by atoms with van der Waals surface area (Å²) in [5, 5.41) is 1.20. The van der Waals surface area contributed by atoms with Crippen LogP contribution in [0.15, 0.2) is 136 Å². The first-order chi connectivity index (χ1) is 19.2. The number of benzene rings is 5. The molecule has 0 amide bonds. The highest BCUT2D eigenvalue weighted by molar-refractivity contribution is 7.99. The van der Waals surface area contributed by atoms with E-state index in [1.165, 1.54) is 48.6 Å². The predicted molar refractivity (Wildman–Crippen MR) is 167 cm³/mol. The maximum Gasteiger partial charge on any atom is 0.137 e. The summed E-state index contributed by atoms with van der Waals surface area (Å²) in [6.07, 6.45) is 2.15. The van der Waals surface area contributed by atoms with Crippen molar-refractivity contribution in [1.82, 2.24) is 4.57 Å². The van der Waals surface area contributed by atoms with E-state index in [9.17, 15) is 0 Å².